The van der Waals surface area contributed by atoms with Crippen LogP contribution in [0.4, 0.5) is 0 Å². The summed E-state index contributed by atoms with van der Waals surface area (Å²) in [6.07, 6.45) is 2.32. The Morgan fingerprint density at radius 2 is 2.11 bits per heavy atom. The number of benzene rings is 1. The Kier molecular flexibility index (Phi) is 5.11. The topological polar surface area (TPSA) is 35.5 Å². The highest BCUT2D eigenvalue weighted by atomic mass is 16.7. The molecule has 0 amide bonds. The van der Waals surface area contributed by atoms with E-state index in [2.05, 4.69) is 13.8 Å². The van der Waals surface area contributed by atoms with Crippen molar-refractivity contribution in [2.24, 2.45) is 11.8 Å². The van der Waals surface area contributed by atoms with Crippen LogP contribution in [0.15, 0.2) is 30.3 Å². The van der Waals surface area contributed by atoms with Crippen molar-refractivity contribution in [3.05, 3.63) is 35.9 Å². The number of hydrogen-bond donors (Lipinski definition) is 0. The van der Waals surface area contributed by atoms with Gasteiger partial charge >= 0.3 is 0 Å². The van der Waals surface area contributed by atoms with E-state index < -0.39 is 0 Å². The molecule has 1 saturated heterocycles. The summed E-state index contributed by atoms with van der Waals surface area (Å²) < 4.78 is 11.9. The number of aldehydes is 1. The molecule has 0 radical (unpaired) electrons. The normalized spacial score (nSPS) is 28.8. The van der Waals surface area contributed by atoms with Gasteiger partial charge in [-0.2, -0.15) is 0 Å². The second-order valence-electron chi connectivity index (χ2n) is 5.22. The smallest absolute Gasteiger partial charge is 0.184 e. The fourth-order valence-corrected chi connectivity index (χ4v) is 2.62. The van der Waals surface area contributed by atoms with Crippen LogP contribution < -0.4 is 0 Å². The number of carbonyl (C=O) groups is 1. The van der Waals surface area contributed by atoms with Gasteiger partial charge in [-0.3, -0.25) is 0 Å². The molecule has 0 aliphatic carbocycles. The zero-order chi connectivity index (χ0) is 13.7. The van der Waals surface area contributed by atoms with E-state index in [0.717, 1.165) is 18.3 Å². The molecule has 1 fully saturated rings. The summed E-state index contributed by atoms with van der Waals surface area (Å²) in [6, 6.07) is 9.97. The van der Waals surface area contributed by atoms with Gasteiger partial charge in [-0.15, -0.1) is 0 Å². The summed E-state index contributed by atoms with van der Waals surface area (Å²) in [4.78, 5) is 10.7. The molecule has 4 atom stereocenters. The molecule has 19 heavy (non-hydrogen) atoms. The van der Waals surface area contributed by atoms with Gasteiger partial charge in [-0.25, -0.2) is 0 Å². The molecule has 2 rings (SSSR count). The minimum absolute atomic E-state index is 0.0918. The van der Waals surface area contributed by atoms with E-state index >= 15 is 0 Å². The highest BCUT2D eigenvalue weighted by Gasteiger charge is 2.34. The molecule has 1 heterocycles. The number of carbonyl (C=O) groups excluding carboxylic acids is 1. The molecule has 1 aliphatic heterocycles. The van der Waals surface area contributed by atoms with Gasteiger partial charge < -0.3 is 14.3 Å². The summed E-state index contributed by atoms with van der Waals surface area (Å²) in [5.74, 6) is 0.604. The summed E-state index contributed by atoms with van der Waals surface area (Å²) in [5.41, 5.74) is 1.04. The standard InChI is InChI=1S/C16H22O3/c1-3-13-11-18-16(14-7-5-4-6-8-14)19-15(13)12(2)9-10-17/h4-8,10,12-13,15-16H,3,9,11H2,1-2H3/t12-,13+,15+,16+/m1/s1. The van der Waals surface area contributed by atoms with Crippen LogP contribution in [0, 0.1) is 11.8 Å². The fraction of sp³-hybridized carbons (Fsp3) is 0.562. The van der Waals surface area contributed by atoms with E-state index in [1.807, 2.05) is 30.3 Å². The molecule has 3 nitrogen and oxygen atoms in total. The van der Waals surface area contributed by atoms with Gasteiger partial charge in [0.2, 0.25) is 0 Å². The van der Waals surface area contributed by atoms with Crippen LogP contribution >= 0.6 is 0 Å². The molecular formula is C16H22O3. The van der Waals surface area contributed by atoms with Gasteiger partial charge in [-0.05, 0) is 12.3 Å². The Hall–Kier alpha value is -1.19. The molecule has 0 aromatic heterocycles. The average Bonchev–Trinajstić information content (AvgIpc) is 2.47. The molecule has 3 heteroatoms. The van der Waals surface area contributed by atoms with Gasteiger partial charge in [0.1, 0.15) is 6.29 Å². The number of ether oxygens (including phenoxy) is 2. The maximum Gasteiger partial charge on any atom is 0.184 e. The molecule has 1 aliphatic rings. The van der Waals surface area contributed by atoms with Gasteiger partial charge in [-0.1, -0.05) is 44.2 Å². The van der Waals surface area contributed by atoms with Crippen molar-refractivity contribution in [1.82, 2.24) is 0 Å². The van der Waals surface area contributed by atoms with Gasteiger partial charge in [0.05, 0.1) is 12.7 Å². The minimum Gasteiger partial charge on any atom is -0.348 e. The molecular weight excluding hydrogens is 240 g/mol. The summed E-state index contributed by atoms with van der Waals surface area (Å²) in [6.45, 7) is 4.92. The quantitative estimate of drug-likeness (QED) is 0.763. The van der Waals surface area contributed by atoms with E-state index in [1.165, 1.54) is 0 Å². The van der Waals surface area contributed by atoms with Crippen LogP contribution in [-0.4, -0.2) is 19.0 Å². The lowest BCUT2D eigenvalue weighted by molar-refractivity contribution is -0.252. The van der Waals surface area contributed by atoms with E-state index in [0.29, 0.717) is 18.9 Å². The first-order valence-corrected chi connectivity index (χ1v) is 7.01. The molecule has 0 saturated carbocycles. The lowest BCUT2D eigenvalue weighted by Gasteiger charge is -2.39. The van der Waals surface area contributed by atoms with E-state index in [-0.39, 0.29) is 18.3 Å². The third-order valence-corrected chi connectivity index (χ3v) is 3.83. The SMILES string of the molecule is CC[C@H]1CO[C@H](c2ccccc2)O[C@H]1[C@H](C)CC=O. The highest BCUT2D eigenvalue weighted by Crippen LogP contribution is 2.34. The first-order valence-electron chi connectivity index (χ1n) is 7.01. The number of rotatable bonds is 5. The van der Waals surface area contributed by atoms with Crippen LogP contribution in [0.25, 0.3) is 0 Å². The van der Waals surface area contributed by atoms with Gasteiger partial charge in [0, 0.05) is 17.9 Å². The second-order valence-corrected chi connectivity index (χ2v) is 5.22. The largest absolute Gasteiger partial charge is 0.348 e. The van der Waals surface area contributed by atoms with Crippen molar-refractivity contribution in [3.8, 4) is 0 Å². The van der Waals surface area contributed by atoms with Crippen LogP contribution in [0.5, 0.6) is 0 Å². The van der Waals surface area contributed by atoms with Gasteiger partial charge in [0.15, 0.2) is 6.29 Å². The van der Waals surface area contributed by atoms with E-state index in [1.54, 1.807) is 0 Å². The first kappa shape index (κ1) is 14.2. The Bertz CT molecular complexity index is 390. The Morgan fingerprint density at radius 1 is 1.37 bits per heavy atom. The third kappa shape index (κ3) is 3.43. The Morgan fingerprint density at radius 3 is 2.74 bits per heavy atom. The summed E-state index contributed by atoms with van der Waals surface area (Å²) >= 11 is 0. The monoisotopic (exact) mass is 262 g/mol. The van der Waals surface area contributed by atoms with Crippen molar-refractivity contribution in [3.63, 3.8) is 0 Å². The van der Waals surface area contributed by atoms with Gasteiger partial charge in [0.25, 0.3) is 0 Å². The lowest BCUT2D eigenvalue weighted by Crippen LogP contribution is -2.40. The van der Waals surface area contributed by atoms with Crippen molar-refractivity contribution < 1.29 is 14.3 Å². The molecule has 1 aromatic carbocycles. The average molecular weight is 262 g/mol. The van der Waals surface area contributed by atoms with Crippen molar-refractivity contribution in [1.29, 1.82) is 0 Å². The van der Waals surface area contributed by atoms with E-state index in [9.17, 15) is 4.79 Å². The molecule has 0 N–H and O–H groups in total. The van der Waals surface area contributed by atoms with E-state index in [4.69, 9.17) is 9.47 Å². The molecule has 0 unspecified atom stereocenters. The predicted octanol–water partition coefficient (Wildman–Crippen LogP) is 3.35. The van der Waals surface area contributed by atoms with Crippen LogP contribution in [0.2, 0.25) is 0 Å². The molecule has 0 spiro atoms. The Balaban J connectivity index is 2.09. The fourth-order valence-electron chi connectivity index (χ4n) is 2.62. The summed E-state index contributed by atoms with van der Waals surface area (Å²) in [5, 5.41) is 0. The van der Waals surface area contributed by atoms with Crippen LogP contribution in [-0.2, 0) is 14.3 Å². The molecule has 104 valence electrons. The van der Waals surface area contributed by atoms with Crippen LogP contribution in [0.1, 0.15) is 38.5 Å². The molecule has 1 aromatic rings. The maximum absolute atomic E-state index is 10.7. The first-order chi connectivity index (χ1) is 9.26. The van der Waals surface area contributed by atoms with Crippen LogP contribution in [0.3, 0.4) is 0 Å². The lowest BCUT2D eigenvalue weighted by atomic mass is 9.88. The minimum atomic E-state index is -0.303. The maximum atomic E-state index is 10.7. The third-order valence-electron chi connectivity index (χ3n) is 3.83. The van der Waals surface area contributed by atoms with Crippen molar-refractivity contribution in [2.45, 2.75) is 39.1 Å². The second kappa shape index (κ2) is 6.83. The zero-order valence-electron chi connectivity index (χ0n) is 11.6. The van der Waals surface area contributed by atoms with Crippen molar-refractivity contribution >= 4 is 6.29 Å². The zero-order valence-corrected chi connectivity index (χ0v) is 11.6. The number of hydrogen-bond acceptors (Lipinski definition) is 3. The molecule has 0 bridgehead atoms. The Labute approximate surface area is 114 Å². The highest BCUT2D eigenvalue weighted by molar-refractivity contribution is 5.49. The predicted molar refractivity (Wildman–Crippen MR) is 73.6 cm³/mol. The summed E-state index contributed by atoms with van der Waals surface area (Å²) in [7, 11) is 0. The van der Waals surface area contributed by atoms with Crippen molar-refractivity contribution in [2.75, 3.05) is 6.61 Å².